The van der Waals surface area contributed by atoms with Crippen molar-refractivity contribution in [2.45, 2.75) is 45.2 Å². The minimum Gasteiger partial charge on any atom is -0.496 e. The van der Waals surface area contributed by atoms with E-state index >= 15 is 0 Å². The molecule has 0 radical (unpaired) electrons. The molecule has 1 unspecified atom stereocenters. The molecule has 21 heavy (non-hydrogen) atoms. The molecular formula is C17H25NO3. The maximum atomic E-state index is 11.6. The van der Waals surface area contributed by atoms with E-state index < -0.39 is 0 Å². The number of carbonyl (C=O) groups excluding carboxylic acids is 1. The van der Waals surface area contributed by atoms with E-state index in [1.165, 1.54) is 12.8 Å². The number of Topliss-reactive ketones (excluding diaryl/α,β-unsaturated/α-hetero) is 1. The lowest BCUT2D eigenvalue weighted by Crippen LogP contribution is -2.39. The molecule has 116 valence electrons. The molecule has 1 N–H and O–H groups in total. The quantitative estimate of drug-likeness (QED) is 0.819. The molecule has 1 heterocycles. The number of carbonyl (C=O) groups is 1. The van der Waals surface area contributed by atoms with Crippen LogP contribution in [0.4, 0.5) is 0 Å². The molecule has 0 bridgehead atoms. The lowest BCUT2D eigenvalue weighted by molar-refractivity contribution is 0.101. The van der Waals surface area contributed by atoms with Crippen LogP contribution in [-0.4, -0.2) is 42.1 Å². The average molecular weight is 291 g/mol. The summed E-state index contributed by atoms with van der Waals surface area (Å²) in [5, 5.41) is 9.22. The summed E-state index contributed by atoms with van der Waals surface area (Å²) in [5.41, 5.74) is 1.77. The summed E-state index contributed by atoms with van der Waals surface area (Å²) >= 11 is 0. The van der Waals surface area contributed by atoms with Crippen LogP contribution in [0.1, 0.15) is 48.5 Å². The van der Waals surface area contributed by atoms with Crippen molar-refractivity contribution in [3.63, 3.8) is 0 Å². The topological polar surface area (TPSA) is 49.8 Å². The Balaban J connectivity index is 2.19. The Morgan fingerprint density at radius 3 is 2.90 bits per heavy atom. The number of ketones is 1. The predicted molar refractivity (Wildman–Crippen MR) is 82.8 cm³/mol. The van der Waals surface area contributed by atoms with E-state index in [-0.39, 0.29) is 12.4 Å². The van der Waals surface area contributed by atoms with Crippen molar-refractivity contribution in [3.8, 4) is 5.75 Å². The number of benzene rings is 1. The highest BCUT2D eigenvalue weighted by atomic mass is 16.5. The third-order valence-electron chi connectivity index (χ3n) is 4.27. The fraction of sp³-hybridized carbons (Fsp3) is 0.588. The minimum atomic E-state index is 0.0736. The number of aliphatic hydroxyl groups excluding tert-OH is 1. The van der Waals surface area contributed by atoms with E-state index in [1.807, 2.05) is 18.2 Å². The van der Waals surface area contributed by atoms with E-state index in [0.717, 1.165) is 42.8 Å². The molecule has 0 aliphatic carbocycles. The second-order valence-corrected chi connectivity index (χ2v) is 5.72. The first-order valence-electron chi connectivity index (χ1n) is 7.68. The standard InChI is InChI=1S/C17H25NO3/c1-13(20)14-6-7-17(21-2)15(11-14)12-18-9-4-3-5-16(18)8-10-19/h6-7,11,16,19H,3-5,8-10,12H2,1-2H3. The van der Waals surface area contributed by atoms with Crippen LogP contribution < -0.4 is 4.74 Å². The number of ether oxygens (including phenoxy) is 1. The molecule has 0 saturated carbocycles. The number of hydrogen-bond donors (Lipinski definition) is 1. The highest BCUT2D eigenvalue weighted by Crippen LogP contribution is 2.26. The summed E-state index contributed by atoms with van der Waals surface area (Å²) < 4.78 is 5.43. The average Bonchev–Trinajstić information content (AvgIpc) is 2.49. The zero-order valence-corrected chi connectivity index (χ0v) is 13.0. The van der Waals surface area contributed by atoms with Gasteiger partial charge < -0.3 is 9.84 Å². The third kappa shape index (κ3) is 4.05. The monoisotopic (exact) mass is 291 g/mol. The Morgan fingerprint density at radius 2 is 2.24 bits per heavy atom. The molecule has 4 nitrogen and oxygen atoms in total. The molecule has 1 aliphatic rings. The number of methoxy groups -OCH3 is 1. The highest BCUT2D eigenvalue weighted by molar-refractivity contribution is 5.94. The van der Waals surface area contributed by atoms with Crippen molar-refractivity contribution in [1.29, 1.82) is 0 Å². The van der Waals surface area contributed by atoms with Gasteiger partial charge in [0.05, 0.1) is 7.11 Å². The molecule has 1 saturated heterocycles. The Kier molecular flexibility index (Phi) is 5.76. The fourth-order valence-electron chi connectivity index (χ4n) is 3.08. The van der Waals surface area contributed by atoms with Gasteiger partial charge in [-0.1, -0.05) is 6.42 Å². The van der Waals surface area contributed by atoms with Crippen LogP contribution in [-0.2, 0) is 6.54 Å². The minimum absolute atomic E-state index is 0.0736. The Hall–Kier alpha value is -1.39. The van der Waals surface area contributed by atoms with E-state index in [1.54, 1.807) is 14.0 Å². The van der Waals surface area contributed by atoms with Crippen molar-refractivity contribution in [2.24, 2.45) is 0 Å². The molecule has 4 heteroatoms. The first kappa shape index (κ1) is 16.0. The second kappa shape index (κ2) is 7.57. The molecule has 0 aromatic heterocycles. The SMILES string of the molecule is COc1ccc(C(C)=O)cc1CN1CCCCC1CCO. The second-order valence-electron chi connectivity index (χ2n) is 5.72. The molecule has 1 atom stereocenters. The van der Waals surface area contributed by atoms with Gasteiger partial charge in [-0.05, 0) is 50.9 Å². The number of aliphatic hydroxyl groups is 1. The van der Waals surface area contributed by atoms with Crippen molar-refractivity contribution in [3.05, 3.63) is 29.3 Å². The number of piperidine rings is 1. The van der Waals surface area contributed by atoms with Crippen LogP contribution in [0.2, 0.25) is 0 Å². The van der Waals surface area contributed by atoms with Gasteiger partial charge in [0.25, 0.3) is 0 Å². The molecular weight excluding hydrogens is 266 g/mol. The van der Waals surface area contributed by atoms with Gasteiger partial charge in [0.15, 0.2) is 5.78 Å². The summed E-state index contributed by atoms with van der Waals surface area (Å²) in [6.07, 6.45) is 4.37. The van der Waals surface area contributed by atoms with E-state index in [0.29, 0.717) is 6.04 Å². The van der Waals surface area contributed by atoms with Crippen molar-refractivity contribution in [1.82, 2.24) is 4.90 Å². The van der Waals surface area contributed by atoms with Gasteiger partial charge in [0.2, 0.25) is 0 Å². The van der Waals surface area contributed by atoms with E-state index in [2.05, 4.69) is 4.90 Å². The molecule has 1 aromatic rings. The van der Waals surface area contributed by atoms with Gasteiger partial charge in [-0.3, -0.25) is 9.69 Å². The first-order valence-corrected chi connectivity index (χ1v) is 7.68. The van der Waals surface area contributed by atoms with Crippen LogP contribution in [0.5, 0.6) is 5.75 Å². The van der Waals surface area contributed by atoms with Gasteiger partial charge in [-0.25, -0.2) is 0 Å². The molecule has 1 aliphatic heterocycles. The number of rotatable bonds is 6. The largest absolute Gasteiger partial charge is 0.496 e. The zero-order chi connectivity index (χ0) is 15.2. The van der Waals surface area contributed by atoms with Crippen molar-refractivity contribution >= 4 is 5.78 Å². The number of hydrogen-bond acceptors (Lipinski definition) is 4. The van der Waals surface area contributed by atoms with Crippen LogP contribution in [0.15, 0.2) is 18.2 Å². The molecule has 2 rings (SSSR count). The number of nitrogens with zero attached hydrogens (tertiary/aromatic N) is 1. The normalized spacial score (nSPS) is 19.5. The van der Waals surface area contributed by atoms with E-state index in [9.17, 15) is 9.90 Å². The van der Waals surface area contributed by atoms with Gasteiger partial charge in [0, 0.05) is 30.3 Å². The Bertz CT molecular complexity index is 485. The summed E-state index contributed by atoms with van der Waals surface area (Å²) in [4.78, 5) is 14.0. The summed E-state index contributed by atoms with van der Waals surface area (Å²) in [6.45, 7) is 3.62. The van der Waals surface area contributed by atoms with Crippen LogP contribution in [0.25, 0.3) is 0 Å². The predicted octanol–water partition coefficient (Wildman–Crippen LogP) is 2.63. The van der Waals surface area contributed by atoms with Crippen molar-refractivity contribution < 1.29 is 14.6 Å². The highest BCUT2D eigenvalue weighted by Gasteiger charge is 2.23. The summed E-state index contributed by atoms with van der Waals surface area (Å²) in [5.74, 6) is 0.901. The van der Waals surface area contributed by atoms with Crippen LogP contribution in [0, 0.1) is 0 Å². The Morgan fingerprint density at radius 1 is 1.43 bits per heavy atom. The molecule has 0 spiro atoms. The fourth-order valence-corrected chi connectivity index (χ4v) is 3.08. The third-order valence-corrected chi connectivity index (χ3v) is 4.27. The van der Waals surface area contributed by atoms with Gasteiger partial charge in [-0.2, -0.15) is 0 Å². The molecule has 1 fully saturated rings. The molecule has 1 aromatic carbocycles. The van der Waals surface area contributed by atoms with Crippen LogP contribution in [0.3, 0.4) is 0 Å². The maximum Gasteiger partial charge on any atom is 0.159 e. The van der Waals surface area contributed by atoms with Crippen molar-refractivity contribution in [2.75, 3.05) is 20.3 Å². The lowest BCUT2D eigenvalue weighted by atomic mass is 9.98. The zero-order valence-electron chi connectivity index (χ0n) is 13.0. The van der Waals surface area contributed by atoms with Gasteiger partial charge >= 0.3 is 0 Å². The number of likely N-dealkylation sites (tertiary alicyclic amines) is 1. The van der Waals surface area contributed by atoms with E-state index in [4.69, 9.17) is 4.74 Å². The summed E-state index contributed by atoms with van der Waals surface area (Å²) in [6, 6.07) is 6.05. The first-order chi connectivity index (χ1) is 10.2. The maximum absolute atomic E-state index is 11.6. The lowest BCUT2D eigenvalue weighted by Gasteiger charge is -2.35. The molecule has 0 amide bonds. The van der Waals surface area contributed by atoms with Gasteiger partial charge in [0.1, 0.15) is 5.75 Å². The smallest absolute Gasteiger partial charge is 0.159 e. The van der Waals surface area contributed by atoms with Gasteiger partial charge in [-0.15, -0.1) is 0 Å². The summed E-state index contributed by atoms with van der Waals surface area (Å²) in [7, 11) is 1.66. The Labute approximate surface area is 126 Å². The van der Waals surface area contributed by atoms with Crippen LogP contribution >= 0.6 is 0 Å².